The van der Waals surface area contributed by atoms with Crippen LogP contribution in [0.3, 0.4) is 0 Å². The zero-order valence-electron chi connectivity index (χ0n) is 16.1. The molecule has 0 radical (unpaired) electrons. The third kappa shape index (κ3) is 5.17. The van der Waals surface area contributed by atoms with E-state index in [1.165, 1.54) is 4.90 Å². The highest BCUT2D eigenvalue weighted by Crippen LogP contribution is 2.33. The van der Waals surface area contributed by atoms with Crippen LogP contribution in [0.1, 0.15) is 35.9 Å². The summed E-state index contributed by atoms with van der Waals surface area (Å²) in [5, 5.41) is 8.74. The Kier molecular flexibility index (Phi) is 7.07. The minimum atomic E-state index is -0.908. The lowest BCUT2D eigenvalue weighted by molar-refractivity contribution is -0.137. The number of carbonyl (C=O) groups is 3. The Hall–Kier alpha value is -2.91. The number of thiocarbonyl (C=S) groups is 1. The van der Waals surface area contributed by atoms with Crippen molar-refractivity contribution in [1.82, 2.24) is 4.90 Å². The summed E-state index contributed by atoms with van der Waals surface area (Å²) in [5.41, 5.74) is 1.24. The molecule has 2 aromatic rings. The number of ether oxygens (including phenoxy) is 1. The summed E-state index contributed by atoms with van der Waals surface area (Å²) < 4.78 is 11.2. The highest BCUT2D eigenvalue weighted by atomic mass is 32.2. The molecule has 0 unspecified atom stereocenters. The van der Waals surface area contributed by atoms with E-state index in [1.807, 2.05) is 0 Å². The normalized spacial score (nSPS) is 15.1. The second-order valence-corrected chi connectivity index (χ2v) is 8.01. The van der Waals surface area contributed by atoms with Crippen molar-refractivity contribution in [2.24, 2.45) is 0 Å². The number of amides is 1. The Bertz CT molecular complexity index is 1010. The number of esters is 1. The van der Waals surface area contributed by atoms with Crippen molar-refractivity contribution in [3.63, 3.8) is 0 Å². The van der Waals surface area contributed by atoms with E-state index in [1.54, 1.807) is 49.4 Å². The van der Waals surface area contributed by atoms with Crippen LogP contribution in [0.15, 0.2) is 45.7 Å². The zero-order chi connectivity index (χ0) is 21.7. The van der Waals surface area contributed by atoms with Gasteiger partial charge in [-0.3, -0.25) is 14.5 Å². The number of carbonyl (C=O) groups excluding carboxylic acids is 2. The van der Waals surface area contributed by atoms with Crippen molar-refractivity contribution in [3.05, 3.63) is 52.6 Å². The Morgan fingerprint density at radius 3 is 2.63 bits per heavy atom. The molecule has 1 N–H and O–H groups in total. The van der Waals surface area contributed by atoms with E-state index in [-0.39, 0.29) is 24.8 Å². The maximum Gasteiger partial charge on any atom is 0.338 e. The van der Waals surface area contributed by atoms with Crippen LogP contribution in [0.2, 0.25) is 0 Å². The van der Waals surface area contributed by atoms with E-state index in [4.69, 9.17) is 26.5 Å². The molecule has 0 atom stereocenters. The molecule has 1 amide bonds. The number of benzene rings is 1. The van der Waals surface area contributed by atoms with Gasteiger partial charge in [0, 0.05) is 24.6 Å². The van der Waals surface area contributed by atoms with Gasteiger partial charge in [0.05, 0.1) is 17.1 Å². The molecule has 0 aliphatic carbocycles. The van der Waals surface area contributed by atoms with Crippen LogP contribution in [0.5, 0.6) is 0 Å². The number of thioether (sulfide) groups is 1. The van der Waals surface area contributed by atoms with Crippen molar-refractivity contribution in [2.45, 2.75) is 19.8 Å². The number of carboxylic acid groups (broad SMARTS) is 1. The van der Waals surface area contributed by atoms with Crippen LogP contribution in [0, 0.1) is 0 Å². The summed E-state index contributed by atoms with van der Waals surface area (Å²) in [6, 6.07) is 10.4. The largest absolute Gasteiger partial charge is 0.481 e. The van der Waals surface area contributed by atoms with Crippen LogP contribution in [-0.4, -0.2) is 45.3 Å². The third-order valence-electron chi connectivity index (χ3n) is 4.23. The molecule has 9 heteroatoms. The number of rotatable bonds is 8. The van der Waals surface area contributed by atoms with E-state index >= 15 is 0 Å². The molecule has 0 bridgehead atoms. The first kappa shape index (κ1) is 21.8. The van der Waals surface area contributed by atoms with Gasteiger partial charge in [0.25, 0.3) is 5.91 Å². The molecule has 0 spiro atoms. The number of nitrogens with zero attached hydrogens (tertiary/aromatic N) is 1. The molecule has 156 valence electrons. The predicted octanol–water partition coefficient (Wildman–Crippen LogP) is 4.19. The van der Waals surface area contributed by atoms with Gasteiger partial charge in [0.15, 0.2) is 0 Å². The van der Waals surface area contributed by atoms with E-state index < -0.39 is 5.97 Å². The fourth-order valence-corrected chi connectivity index (χ4v) is 4.07. The minimum Gasteiger partial charge on any atom is -0.481 e. The van der Waals surface area contributed by atoms with Crippen LogP contribution < -0.4 is 0 Å². The van der Waals surface area contributed by atoms with Gasteiger partial charge in [0.1, 0.15) is 15.8 Å². The Labute approximate surface area is 182 Å². The van der Waals surface area contributed by atoms with E-state index in [9.17, 15) is 14.4 Å². The number of hydrogen-bond acceptors (Lipinski definition) is 7. The van der Waals surface area contributed by atoms with Gasteiger partial charge in [-0.2, -0.15) is 0 Å². The number of hydrogen-bond donors (Lipinski definition) is 1. The topological polar surface area (TPSA) is 97.0 Å². The van der Waals surface area contributed by atoms with Gasteiger partial charge < -0.3 is 14.3 Å². The summed E-state index contributed by atoms with van der Waals surface area (Å²) in [6.45, 7) is 2.33. The molecule has 7 nitrogen and oxygen atoms in total. The molecule has 0 saturated carbocycles. The molecule has 2 heterocycles. The van der Waals surface area contributed by atoms with Crippen LogP contribution in [0.25, 0.3) is 17.4 Å². The predicted molar refractivity (Wildman–Crippen MR) is 117 cm³/mol. The minimum absolute atomic E-state index is 0.0212. The quantitative estimate of drug-likeness (QED) is 0.367. The van der Waals surface area contributed by atoms with Crippen molar-refractivity contribution >= 4 is 52.2 Å². The Morgan fingerprint density at radius 1 is 1.23 bits per heavy atom. The summed E-state index contributed by atoms with van der Waals surface area (Å²) in [7, 11) is 0. The fourth-order valence-electron chi connectivity index (χ4n) is 2.78. The van der Waals surface area contributed by atoms with Crippen molar-refractivity contribution < 1.29 is 28.6 Å². The standard InChI is InChI=1S/C21H19NO6S2/c1-2-27-20(26)14-7-5-13(6-8-14)16-10-9-15(28-16)12-17-19(25)22(21(29)30-17)11-3-4-18(23)24/h5-10,12H,2-4,11H2,1H3,(H,23,24). The van der Waals surface area contributed by atoms with E-state index in [2.05, 4.69) is 0 Å². The summed E-state index contributed by atoms with van der Waals surface area (Å²) in [4.78, 5) is 36.8. The monoisotopic (exact) mass is 445 g/mol. The lowest BCUT2D eigenvalue weighted by Gasteiger charge is -2.13. The van der Waals surface area contributed by atoms with Gasteiger partial charge in [-0.1, -0.05) is 36.1 Å². The highest BCUT2D eigenvalue weighted by molar-refractivity contribution is 8.26. The maximum atomic E-state index is 12.5. The van der Waals surface area contributed by atoms with Crippen molar-refractivity contribution in [3.8, 4) is 11.3 Å². The van der Waals surface area contributed by atoms with E-state index in [0.717, 1.165) is 17.3 Å². The lowest BCUT2D eigenvalue weighted by Crippen LogP contribution is -2.29. The molecular formula is C21H19NO6S2. The number of furan rings is 1. The third-order valence-corrected chi connectivity index (χ3v) is 5.60. The highest BCUT2D eigenvalue weighted by Gasteiger charge is 2.32. The van der Waals surface area contributed by atoms with Crippen molar-refractivity contribution in [1.29, 1.82) is 0 Å². The number of aliphatic carboxylic acids is 1. The molecular weight excluding hydrogens is 426 g/mol. The van der Waals surface area contributed by atoms with Gasteiger partial charge in [-0.25, -0.2) is 4.79 Å². The van der Waals surface area contributed by atoms with Gasteiger partial charge in [-0.15, -0.1) is 0 Å². The van der Waals surface area contributed by atoms with Gasteiger partial charge in [-0.05, 0) is 37.6 Å². The van der Waals surface area contributed by atoms with E-state index in [0.29, 0.717) is 39.3 Å². The van der Waals surface area contributed by atoms with Crippen LogP contribution >= 0.6 is 24.0 Å². The Morgan fingerprint density at radius 2 is 1.97 bits per heavy atom. The lowest BCUT2D eigenvalue weighted by atomic mass is 10.1. The smallest absolute Gasteiger partial charge is 0.338 e. The molecule has 1 fully saturated rings. The van der Waals surface area contributed by atoms with Crippen LogP contribution in [-0.2, 0) is 14.3 Å². The van der Waals surface area contributed by atoms with Crippen molar-refractivity contribution in [2.75, 3.05) is 13.2 Å². The SMILES string of the molecule is CCOC(=O)c1ccc(-c2ccc(C=C3SC(=S)N(CCCC(=O)O)C3=O)o2)cc1. The molecule has 30 heavy (non-hydrogen) atoms. The first-order valence-corrected chi connectivity index (χ1v) is 10.5. The molecule has 1 aliphatic heterocycles. The first-order chi connectivity index (χ1) is 14.4. The van der Waals surface area contributed by atoms with Gasteiger partial charge >= 0.3 is 11.9 Å². The number of carboxylic acids is 1. The Balaban J connectivity index is 1.69. The second kappa shape index (κ2) is 9.73. The average molecular weight is 446 g/mol. The second-order valence-electron chi connectivity index (χ2n) is 6.33. The van der Waals surface area contributed by atoms with Crippen LogP contribution in [0.4, 0.5) is 0 Å². The maximum absolute atomic E-state index is 12.5. The first-order valence-electron chi connectivity index (χ1n) is 9.23. The summed E-state index contributed by atoms with van der Waals surface area (Å²) in [5.74, 6) is -0.463. The molecule has 1 aromatic carbocycles. The average Bonchev–Trinajstić information content (AvgIpc) is 3.28. The van der Waals surface area contributed by atoms with Gasteiger partial charge in [0.2, 0.25) is 0 Å². The fraction of sp³-hybridized carbons (Fsp3) is 0.238. The molecule has 1 aromatic heterocycles. The summed E-state index contributed by atoms with van der Waals surface area (Å²) >= 11 is 6.40. The molecule has 1 saturated heterocycles. The summed E-state index contributed by atoms with van der Waals surface area (Å²) in [6.07, 6.45) is 1.93. The molecule has 3 rings (SSSR count). The molecule has 1 aliphatic rings. The zero-order valence-corrected chi connectivity index (χ0v) is 17.8.